The third kappa shape index (κ3) is 12.1. The van der Waals surface area contributed by atoms with Crippen LogP contribution in [0.1, 0.15) is 66.4 Å². The van der Waals surface area contributed by atoms with Crippen LogP contribution in [0.25, 0.3) is 0 Å². The van der Waals surface area contributed by atoms with E-state index in [4.69, 9.17) is 15.6 Å². The number of hydrogen-bond acceptors (Lipinski definition) is 10. The Hall–Kier alpha value is -3.85. The van der Waals surface area contributed by atoms with Gasteiger partial charge < -0.3 is 47.1 Å². The van der Waals surface area contributed by atoms with Crippen molar-refractivity contribution in [1.29, 1.82) is 0 Å². The van der Waals surface area contributed by atoms with E-state index in [1.807, 2.05) is 0 Å². The second-order valence-corrected chi connectivity index (χ2v) is 16.4. The van der Waals surface area contributed by atoms with E-state index in [1.165, 1.54) is 21.0 Å². The van der Waals surface area contributed by atoms with Crippen molar-refractivity contribution < 1.29 is 48.1 Å². The molecule has 0 heterocycles. The van der Waals surface area contributed by atoms with Gasteiger partial charge in [0.25, 0.3) is 0 Å². The third-order valence-electron chi connectivity index (χ3n) is 9.02. The van der Waals surface area contributed by atoms with Gasteiger partial charge in [-0.3, -0.25) is 28.5 Å². The third-order valence-corrected chi connectivity index (χ3v) is 11.8. The van der Waals surface area contributed by atoms with E-state index in [9.17, 15) is 38.2 Å². The number of esters is 1. The maximum atomic E-state index is 14.5. The molecule has 0 radical (unpaired) electrons. The van der Waals surface area contributed by atoms with Gasteiger partial charge in [-0.25, -0.2) is 4.79 Å². The van der Waals surface area contributed by atoms with Crippen molar-refractivity contribution in [3.05, 3.63) is 35.9 Å². The van der Waals surface area contributed by atoms with Gasteiger partial charge in [0.05, 0.1) is 13.7 Å². The number of aliphatic hydroxyl groups excluding tert-OH is 1. The number of amides is 5. The van der Waals surface area contributed by atoms with Gasteiger partial charge in [-0.15, -0.1) is 0 Å². The molecule has 16 nitrogen and oxygen atoms in total. The number of carbonyl (C=O) groups excluding carboxylic acids is 6. The summed E-state index contributed by atoms with van der Waals surface area (Å²) >= 11 is 0. The number of rotatable bonds is 18. The first-order valence-electron chi connectivity index (χ1n) is 17.2. The highest BCUT2D eigenvalue weighted by Gasteiger charge is 2.49. The van der Waals surface area contributed by atoms with Crippen molar-refractivity contribution in [3.63, 3.8) is 0 Å². The predicted octanol–water partition coefficient (Wildman–Crippen LogP) is -0.106. The molecule has 5 amide bonds. The fraction of sp³-hybridized carbons (Fsp3) is 0.647. The fourth-order valence-corrected chi connectivity index (χ4v) is 8.46. The van der Waals surface area contributed by atoms with E-state index in [1.54, 1.807) is 58.0 Å². The van der Waals surface area contributed by atoms with E-state index < -0.39 is 103 Å². The molecule has 1 aliphatic carbocycles. The summed E-state index contributed by atoms with van der Waals surface area (Å²) in [6, 6.07) is 3.16. The minimum absolute atomic E-state index is 0.0570. The van der Waals surface area contributed by atoms with Gasteiger partial charge in [0.2, 0.25) is 36.9 Å². The van der Waals surface area contributed by atoms with Crippen molar-refractivity contribution in [1.82, 2.24) is 26.6 Å². The van der Waals surface area contributed by atoms with Crippen LogP contribution in [-0.2, 0) is 44.5 Å². The summed E-state index contributed by atoms with van der Waals surface area (Å²) < 4.78 is 19.3. The molecule has 1 fully saturated rings. The van der Waals surface area contributed by atoms with Gasteiger partial charge in [0.1, 0.15) is 36.0 Å². The molecule has 17 heteroatoms. The molecule has 9 atom stereocenters. The molecule has 286 valence electrons. The molecule has 1 aliphatic rings. The number of nitrogens with one attached hydrogen (secondary N) is 5. The summed E-state index contributed by atoms with van der Waals surface area (Å²) in [6.45, 7) is 9.03. The lowest BCUT2D eigenvalue weighted by atomic mass is 9.99. The highest BCUT2D eigenvalue weighted by molar-refractivity contribution is 7.59. The summed E-state index contributed by atoms with van der Waals surface area (Å²) in [6.07, 6.45) is 0.874. The first kappa shape index (κ1) is 43.3. The van der Waals surface area contributed by atoms with Crippen molar-refractivity contribution in [2.45, 2.75) is 109 Å². The lowest BCUT2D eigenvalue weighted by Crippen LogP contribution is -2.56. The van der Waals surface area contributed by atoms with Crippen molar-refractivity contribution in [2.75, 3.05) is 13.7 Å². The first-order chi connectivity index (χ1) is 23.8. The molecule has 2 rings (SSSR count). The zero-order valence-corrected chi connectivity index (χ0v) is 31.3. The molecule has 9 N–H and O–H groups in total. The van der Waals surface area contributed by atoms with E-state index in [0.717, 1.165) is 0 Å². The number of hydrogen-bond donors (Lipinski definition) is 8. The standard InChI is InChI=1S/C34H55N6O10P/c1-18(2)27(33(46)40-28(19(3)4)34(47)50-7)39-31(44)23-14-11-15-25(23)51(48,49)26(16-22-12-9-8-10-13-22)38-30(43)21(6)36-29(42)20(5)37-32(45)24(35)17-41/h8-10,12-13,18-21,23-28,41H,11,14-17,35H2,1-7H3,(H,36,42)(H,37,45)(H,38,43)(H,39,44)(H,40,46)(H,48,49)/t20-,21-,23?,24-,25?,26?,27-,28-/m0/s1. The SMILES string of the molecule is COC(=O)[C@@H](NC(=O)[C@@H](NC(=O)C1CCCC1P(=O)(O)C(Cc1ccccc1)NC(=O)[C@H](C)NC(=O)[C@H](C)NC(=O)[C@@H](N)CO)C(C)C)C(C)C. The minimum atomic E-state index is -4.41. The summed E-state index contributed by atoms with van der Waals surface area (Å²) in [7, 11) is -3.20. The van der Waals surface area contributed by atoms with Crippen molar-refractivity contribution >= 4 is 42.9 Å². The topological polar surface area (TPSA) is 255 Å². The lowest BCUT2D eigenvalue weighted by molar-refractivity contribution is -0.147. The maximum absolute atomic E-state index is 14.5. The maximum Gasteiger partial charge on any atom is 0.328 e. The Balaban J connectivity index is 2.29. The van der Waals surface area contributed by atoms with Crippen LogP contribution >= 0.6 is 7.37 Å². The summed E-state index contributed by atoms with van der Waals surface area (Å²) in [4.78, 5) is 89.3. The Morgan fingerprint density at radius 1 is 0.804 bits per heavy atom. The molecule has 1 aromatic rings. The number of nitrogens with two attached hydrogens (primary N) is 1. The highest BCUT2D eigenvalue weighted by atomic mass is 31.2. The molecule has 4 unspecified atom stereocenters. The Kier molecular flexibility index (Phi) is 16.7. The molecule has 51 heavy (non-hydrogen) atoms. The van der Waals surface area contributed by atoms with Gasteiger partial charge in [-0.2, -0.15) is 0 Å². The first-order valence-corrected chi connectivity index (χ1v) is 19.0. The Morgan fingerprint density at radius 2 is 1.35 bits per heavy atom. The van der Waals surface area contributed by atoms with Crippen LogP contribution in [0.5, 0.6) is 0 Å². The van der Waals surface area contributed by atoms with E-state index in [-0.39, 0.29) is 25.2 Å². The molecule has 0 saturated heterocycles. The summed E-state index contributed by atoms with van der Waals surface area (Å²) in [5.41, 5.74) is 5.06. The second-order valence-electron chi connectivity index (χ2n) is 13.7. The largest absolute Gasteiger partial charge is 0.467 e. The Bertz CT molecular complexity index is 1430. The van der Waals surface area contributed by atoms with Gasteiger partial charge in [0.15, 0.2) is 0 Å². The molecule has 0 aliphatic heterocycles. The van der Waals surface area contributed by atoms with Crippen LogP contribution in [0.3, 0.4) is 0 Å². The molecular formula is C34H55N6O10P. The Labute approximate surface area is 299 Å². The lowest BCUT2D eigenvalue weighted by Gasteiger charge is -2.33. The Morgan fingerprint density at radius 3 is 1.88 bits per heavy atom. The zero-order chi connectivity index (χ0) is 38.6. The minimum Gasteiger partial charge on any atom is -0.467 e. The number of methoxy groups -OCH3 is 1. The molecule has 0 spiro atoms. The van der Waals surface area contributed by atoms with Crippen LogP contribution < -0.4 is 32.3 Å². The molecule has 1 aromatic carbocycles. The molecule has 0 aromatic heterocycles. The molecule has 1 saturated carbocycles. The van der Waals surface area contributed by atoms with Crippen molar-refractivity contribution in [2.24, 2.45) is 23.5 Å². The molecule has 0 bridgehead atoms. The smallest absolute Gasteiger partial charge is 0.328 e. The fourth-order valence-electron chi connectivity index (χ4n) is 5.86. The van der Waals surface area contributed by atoms with Crippen LogP contribution in [0, 0.1) is 17.8 Å². The van der Waals surface area contributed by atoms with Gasteiger partial charge in [-0.1, -0.05) is 64.4 Å². The van der Waals surface area contributed by atoms with Crippen LogP contribution in [-0.4, -0.2) is 101 Å². The highest BCUT2D eigenvalue weighted by Crippen LogP contribution is 2.58. The van der Waals surface area contributed by atoms with Crippen molar-refractivity contribution in [3.8, 4) is 0 Å². The zero-order valence-electron chi connectivity index (χ0n) is 30.4. The predicted molar refractivity (Wildman–Crippen MR) is 189 cm³/mol. The molecular weight excluding hydrogens is 683 g/mol. The average Bonchev–Trinajstić information content (AvgIpc) is 3.59. The van der Waals surface area contributed by atoms with E-state index in [2.05, 4.69) is 26.6 Å². The van der Waals surface area contributed by atoms with E-state index in [0.29, 0.717) is 12.0 Å². The summed E-state index contributed by atoms with van der Waals surface area (Å²) in [5.74, 6) is -7.09. The number of carbonyl (C=O) groups is 6. The summed E-state index contributed by atoms with van der Waals surface area (Å²) in [5, 5.41) is 21.9. The van der Waals surface area contributed by atoms with Crippen LogP contribution in [0.15, 0.2) is 30.3 Å². The number of benzene rings is 1. The normalized spacial score (nSPS) is 20.5. The number of ether oxygens (including phenoxy) is 1. The van der Waals surface area contributed by atoms with E-state index >= 15 is 0 Å². The average molecular weight is 739 g/mol. The van der Waals surface area contributed by atoms with Gasteiger partial charge >= 0.3 is 5.97 Å². The van der Waals surface area contributed by atoms with Gasteiger partial charge in [-0.05, 0) is 44.1 Å². The monoisotopic (exact) mass is 738 g/mol. The van der Waals surface area contributed by atoms with Crippen LogP contribution in [0.4, 0.5) is 0 Å². The van der Waals surface area contributed by atoms with Gasteiger partial charge in [0, 0.05) is 18.0 Å². The quantitative estimate of drug-likeness (QED) is 0.0729. The number of aliphatic hydroxyl groups is 1. The second kappa shape index (κ2) is 19.7. The van der Waals surface area contributed by atoms with Crippen LogP contribution in [0.2, 0.25) is 0 Å².